The van der Waals surface area contributed by atoms with Gasteiger partial charge in [-0.25, -0.2) is 4.98 Å². The molecule has 0 bridgehead atoms. The molecule has 0 aliphatic heterocycles. The number of rotatable bonds is 5. The highest BCUT2D eigenvalue weighted by Crippen LogP contribution is 2.25. The summed E-state index contributed by atoms with van der Waals surface area (Å²) in [6.07, 6.45) is 3.40. The summed E-state index contributed by atoms with van der Waals surface area (Å²) in [6.45, 7) is 0.455. The fraction of sp³-hybridized carbons (Fsp3) is 0.118. The summed E-state index contributed by atoms with van der Waals surface area (Å²) in [6, 6.07) is 11.3. The minimum absolute atomic E-state index is 0.183. The summed E-state index contributed by atoms with van der Waals surface area (Å²) < 4.78 is 5.14. The number of carbonyl (C=O) groups excluding carboxylic acids is 1. The maximum Gasteiger partial charge on any atom is 0.271 e. The van der Waals surface area contributed by atoms with Crippen LogP contribution in [0.1, 0.15) is 16.1 Å². The summed E-state index contributed by atoms with van der Waals surface area (Å²) in [5.74, 6) is 0.610. The number of hydrogen-bond acceptors (Lipinski definition) is 5. The van der Waals surface area contributed by atoms with Crippen LogP contribution in [0, 0.1) is 0 Å². The van der Waals surface area contributed by atoms with Gasteiger partial charge in [0, 0.05) is 29.9 Å². The Morgan fingerprint density at radius 3 is 2.61 bits per heavy atom. The zero-order chi connectivity index (χ0) is 16.1. The van der Waals surface area contributed by atoms with Gasteiger partial charge in [0.25, 0.3) is 5.91 Å². The first-order valence-electron chi connectivity index (χ1n) is 7.03. The predicted octanol–water partition coefficient (Wildman–Crippen LogP) is 3.14. The first kappa shape index (κ1) is 15.2. The molecule has 6 heteroatoms. The maximum atomic E-state index is 12.2. The first-order chi connectivity index (χ1) is 11.3. The third-order valence-corrected chi connectivity index (χ3v) is 4.17. The molecule has 0 aliphatic carbocycles. The van der Waals surface area contributed by atoms with Crippen LogP contribution in [0.4, 0.5) is 0 Å². The zero-order valence-electron chi connectivity index (χ0n) is 12.5. The fourth-order valence-corrected chi connectivity index (χ4v) is 2.82. The maximum absolute atomic E-state index is 12.2. The largest absolute Gasteiger partial charge is 0.497 e. The molecule has 0 aliphatic rings. The zero-order valence-corrected chi connectivity index (χ0v) is 13.3. The molecule has 2 aromatic heterocycles. The molecule has 1 aromatic carbocycles. The third-order valence-electron chi connectivity index (χ3n) is 3.28. The molecule has 3 rings (SSSR count). The number of thiazole rings is 1. The van der Waals surface area contributed by atoms with Gasteiger partial charge >= 0.3 is 0 Å². The fourth-order valence-electron chi connectivity index (χ4n) is 2.02. The molecule has 3 aromatic rings. The van der Waals surface area contributed by atoms with Crippen molar-refractivity contribution >= 4 is 17.2 Å². The quantitative estimate of drug-likeness (QED) is 0.783. The SMILES string of the molecule is COc1ccc(-c2nc(C(=O)NCc3ccncc3)cs2)cc1. The van der Waals surface area contributed by atoms with E-state index in [0.717, 1.165) is 21.9 Å². The average molecular weight is 325 g/mol. The highest BCUT2D eigenvalue weighted by molar-refractivity contribution is 7.13. The second kappa shape index (κ2) is 7.02. The van der Waals surface area contributed by atoms with E-state index < -0.39 is 0 Å². The van der Waals surface area contributed by atoms with Crippen LogP contribution >= 0.6 is 11.3 Å². The van der Waals surface area contributed by atoms with E-state index in [-0.39, 0.29) is 5.91 Å². The van der Waals surface area contributed by atoms with E-state index in [0.29, 0.717) is 12.2 Å². The van der Waals surface area contributed by atoms with Crippen LogP contribution < -0.4 is 10.1 Å². The summed E-state index contributed by atoms with van der Waals surface area (Å²) >= 11 is 1.44. The molecule has 5 nitrogen and oxygen atoms in total. The lowest BCUT2D eigenvalue weighted by Gasteiger charge is -2.03. The number of hydrogen-bond donors (Lipinski definition) is 1. The van der Waals surface area contributed by atoms with Crippen LogP contribution in [0.5, 0.6) is 5.75 Å². The number of benzene rings is 1. The van der Waals surface area contributed by atoms with Crippen LogP contribution in [0.2, 0.25) is 0 Å². The van der Waals surface area contributed by atoms with Crippen LogP contribution in [0.25, 0.3) is 10.6 Å². The number of nitrogens with one attached hydrogen (secondary N) is 1. The highest BCUT2D eigenvalue weighted by Gasteiger charge is 2.11. The van der Waals surface area contributed by atoms with Crippen molar-refractivity contribution in [2.24, 2.45) is 0 Å². The smallest absolute Gasteiger partial charge is 0.271 e. The Kier molecular flexibility index (Phi) is 4.63. The van der Waals surface area contributed by atoms with E-state index in [1.807, 2.05) is 36.4 Å². The second-order valence-corrected chi connectivity index (χ2v) is 5.66. The van der Waals surface area contributed by atoms with Crippen LogP contribution in [0.15, 0.2) is 54.2 Å². The van der Waals surface area contributed by atoms with Gasteiger partial charge in [0.2, 0.25) is 0 Å². The van der Waals surface area contributed by atoms with E-state index in [4.69, 9.17) is 4.74 Å². The van der Waals surface area contributed by atoms with Crippen LogP contribution in [0.3, 0.4) is 0 Å². The predicted molar refractivity (Wildman–Crippen MR) is 89.5 cm³/mol. The van der Waals surface area contributed by atoms with Gasteiger partial charge in [0.05, 0.1) is 7.11 Å². The van der Waals surface area contributed by atoms with Crippen LogP contribution in [-0.4, -0.2) is 23.0 Å². The van der Waals surface area contributed by atoms with Gasteiger partial charge in [-0.2, -0.15) is 0 Å². The highest BCUT2D eigenvalue weighted by atomic mass is 32.1. The molecule has 0 saturated carbocycles. The number of amides is 1. The number of aromatic nitrogens is 2. The molecule has 1 amide bonds. The lowest BCUT2D eigenvalue weighted by atomic mass is 10.2. The van der Waals surface area contributed by atoms with Gasteiger partial charge in [-0.15, -0.1) is 11.3 Å². The summed E-state index contributed by atoms with van der Waals surface area (Å²) in [7, 11) is 1.63. The number of methoxy groups -OCH3 is 1. The molecule has 0 spiro atoms. The van der Waals surface area contributed by atoms with Crippen molar-refractivity contribution < 1.29 is 9.53 Å². The number of carbonyl (C=O) groups is 1. The molecule has 0 radical (unpaired) electrons. The Bertz CT molecular complexity index is 785. The lowest BCUT2D eigenvalue weighted by Crippen LogP contribution is -2.23. The van der Waals surface area contributed by atoms with E-state index in [1.54, 1.807) is 24.9 Å². The molecule has 0 atom stereocenters. The molecule has 116 valence electrons. The molecule has 0 saturated heterocycles. The van der Waals surface area contributed by atoms with Crippen molar-refractivity contribution in [2.75, 3.05) is 7.11 Å². The van der Waals surface area contributed by atoms with E-state index in [9.17, 15) is 4.79 Å². The van der Waals surface area contributed by atoms with Gasteiger partial charge in [-0.05, 0) is 42.0 Å². The standard InChI is InChI=1S/C17H15N3O2S/c1-22-14-4-2-13(3-5-14)17-20-15(11-23-17)16(21)19-10-12-6-8-18-9-7-12/h2-9,11H,10H2,1H3,(H,19,21). The number of ether oxygens (including phenoxy) is 1. The molecule has 0 unspecified atom stereocenters. The summed E-state index contributed by atoms with van der Waals surface area (Å²) in [5.41, 5.74) is 2.39. The normalized spacial score (nSPS) is 10.3. The Morgan fingerprint density at radius 1 is 1.17 bits per heavy atom. The summed E-state index contributed by atoms with van der Waals surface area (Å²) in [5, 5.41) is 5.43. The van der Waals surface area contributed by atoms with Gasteiger partial charge in [0.15, 0.2) is 0 Å². The molecule has 1 N–H and O–H groups in total. The van der Waals surface area contributed by atoms with Crippen molar-refractivity contribution in [3.8, 4) is 16.3 Å². The van der Waals surface area contributed by atoms with Crippen molar-refractivity contribution in [2.45, 2.75) is 6.54 Å². The molecule has 0 fully saturated rings. The number of pyridine rings is 1. The van der Waals surface area contributed by atoms with Gasteiger partial charge in [-0.3, -0.25) is 9.78 Å². The van der Waals surface area contributed by atoms with Crippen molar-refractivity contribution in [3.63, 3.8) is 0 Å². The monoisotopic (exact) mass is 325 g/mol. The van der Waals surface area contributed by atoms with Gasteiger partial charge < -0.3 is 10.1 Å². The number of nitrogens with zero attached hydrogens (tertiary/aromatic N) is 2. The second-order valence-electron chi connectivity index (χ2n) is 4.80. The van der Waals surface area contributed by atoms with Gasteiger partial charge in [0.1, 0.15) is 16.5 Å². The minimum atomic E-state index is -0.183. The molecule has 23 heavy (non-hydrogen) atoms. The average Bonchev–Trinajstić information content (AvgIpc) is 3.11. The molecular formula is C17H15N3O2S. The van der Waals surface area contributed by atoms with E-state index in [2.05, 4.69) is 15.3 Å². The summed E-state index contributed by atoms with van der Waals surface area (Å²) in [4.78, 5) is 20.5. The minimum Gasteiger partial charge on any atom is -0.497 e. The van der Waals surface area contributed by atoms with Crippen molar-refractivity contribution in [1.29, 1.82) is 0 Å². The third kappa shape index (κ3) is 3.73. The first-order valence-corrected chi connectivity index (χ1v) is 7.91. The Balaban J connectivity index is 1.67. The van der Waals surface area contributed by atoms with E-state index in [1.165, 1.54) is 11.3 Å². The molecular weight excluding hydrogens is 310 g/mol. The lowest BCUT2D eigenvalue weighted by molar-refractivity contribution is 0.0946. The Morgan fingerprint density at radius 2 is 1.91 bits per heavy atom. The van der Waals surface area contributed by atoms with Crippen molar-refractivity contribution in [1.82, 2.24) is 15.3 Å². The van der Waals surface area contributed by atoms with E-state index >= 15 is 0 Å². The Hall–Kier alpha value is -2.73. The van der Waals surface area contributed by atoms with Crippen LogP contribution in [-0.2, 0) is 6.54 Å². The molecule has 2 heterocycles. The Labute approximate surface area is 138 Å². The topological polar surface area (TPSA) is 64.1 Å². The van der Waals surface area contributed by atoms with Gasteiger partial charge in [-0.1, -0.05) is 0 Å². The van der Waals surface area contributed by atoms with Crippen molar-refractivity contribution in [3.05, 3.63) is 65.4 Å².